The molecule has 0 atom stereocenters. The second-order valence-corrected chi connectivity index (χ2v) is 6.66. The molecule has 3 aromatic rings. The molecule has 0 aliphatic heterocycles. The zero-order valence-corrected chi connectivity index (χ0v) is 19.9. The normalized spacial score (nSPS) is 10.1. The molecule has 1 heterocycles. The largest absolute Gasteiger partial charge is 0.493 e. The SMILES string of the molecule is CCCOc1c(OC)cc(Cc2cncc3c(N)c(OCC)ccc23)cc1OC.Cl.Cl. The molecular weight excluding hydrogens is 439 g/mol. The Morgan fingerprint density at radius 2 is 1.55 bits per heavy atom. The van der Waals surface area contributed by atoms with E-state index in [2.05, 4.69) is 11.9 Å². The van der Waals surface area contributed by atoms with Gasteiger partial charge in [0.05, 0.1) is 33.1 Å². The lowest BCUT2D eigenvalue weighted by Gasteiger charge is -2.16. The predicted octanol–water partition coefficient (Wildman–Crippen LogP) is 5.46. The lowest BCUT2D eigenvalue weighted by atomic mass is 9.99. The number of benzene rings is 2. The summed E-state index contributed by atoms with van der Waals surface area (Å²) in [4.78, 5) is 4.39. The highest BCUT2D eigenvalue weighted by Gasteiger charge is 2.16. The van der Waals surface area contributed by atoms with Crippen molar-refractivity contribution >= 4 is 41.3 Å². The number of pyridine rings is 1. The van der Waals surface area contributed by atoms with E-state index < -0.39 is 0 Å². The van der Waals surface area contributed by atoms with Gasteiger partial charge in [-0.2, -0.15) is 0 Å². The van der Waals surface area contributed by atoms with Crippen LogP contribution in [0, 0.1) is 0 Å². The number of hydrogen-bond donors (Lipinski definition) is 1. The third-order valence-corrected chi connectivity index (χ3v) is 4.69. The number of nitrogens with zero attached hydrogens (tertiary/aromatic N) is 1. The molecule has 170 valence electrons. The summed E-state index contributed by atoms with van der Waals surface area (Å²) < 4.78 is 22.6. The Labute approximate surface area is 195 Å². The molecule has 0 fully saturated rings. The number of fused-ring (bicyclic) bond motifs is 1. The number of nitrogen functional groups attached to an aromatic ring is 1. The zero-order chi connectivity index (χ0) is 20.8. The third kappa shape index (κ3) is 5.77. The van der Waals surface area contributed by atoms with Crippen LogP contribution >= 0.6 is 24.8 Å². The fourth-order valence-corrected chi connectivity index (χ4v) is 3.33. The van der Waals surface area contributed by atoms with Crippen LogP contribution in [0.3, 0.4) is 0 Å². The second-order valence-electron chi connectivity index (χ2n) is 6.66. The van der Waals surface area contributed by atoms with Crippen LogP contribution in [-0.2, 0) is 6.42 Å². The van der Waals surface area contributed by atoms with E-state index in [1.165, 1.54) is 0 Å². The second kappa shape index (κ2) is 12.3. The molecule has 0 unspecified atom stereocenters. The van der Waals surface area contributed by atoms with E-state index in [0.717, 1.165) is 28.3 Å². The average molecular weight is 469 g/mol. The summed E-state index contributed by atoms with van der Waals surface area (Å²) in [7, 11) is 3.26. The molecule has 31 heavy (non-hydrogen) atoms. The van der Waals surface area contributed by atoms with E-state index in [1.54, 1.807) is 20.4 Å². The number of aromatic nitrogens is 1. The van der Waals surface area contributed by atoms with Gasteiger partial charge in [-0.15, -0.1) is 24.8 Å². The molecule has 0 saturated heterocycles. The summed E-state index contributed by atoms with van der Waals surface area (Å²) in [5, 5.41) is 1.93. The van der Waals surface area contributed by atoms with Crippen molar-refractivity contribution in [2.75, 3.05) is 33.2 Å². The van der Waals surface area contributed by atoms with Gasteiger partial charge in [0.1, 0.15) is 5.75 Å². The standard InChI is InChI=1S/C23H28N2O4.2ClH/c1-5-9-29-23-20(26-3)11-15(12-21(23)27-4)10-16-13-25-14-18-17(16)7-8-19(22(18)24)28-6-2;;/h7-8,11-14H,5-6,9-10,24H2,1-4H3;2*1H. The minimum Gasteiger partial charge on any atom is -0.493 e. The van der Waals surface area contributed by atoms with Crippen molar-refractivity contribution in [2.45, 2.75) is 26.7 Å². The molecule has 2 aromatic carbocycles. The van der Waals surface area contributed by atoms with Crippen LogP contribution in [0.5, 0.6) is 23.0 Å². The molecule has 0 aliphatic carbocycles. The van der Waals surface area contributed by atoms with E-state index in [-0.39, 0.29) is 24.8 Å². The highest BCUT2D eigenvalue weighted by molar-refractivity contribution is 5.97. The van der Waals surface area contributed by atoms with Crippen molar-refractivity contribution in [3.63, 3.8) is 0 Å². The maximum Gasteiger partial charge on any atom is 0.203 e. The smallest absolute Gasteiger partial charge is 0.203 e. The van der Waals surface area contributed by atoms with Crippen molar-refractivity contribution in [1.29, 1.82) is 0 Å². The van der Waals surface area contributed by atoms with E-state index in [1.807, 2.05) is 37.4 Å². The predicted molar refractivity (Wildman–Crippen MR) is 130 cm³/mol. The lowest BCUT2D eigenvalue weighted by Crippen LogP contribution is -2.02. The molecule has 0 radical (unpaired) electrons. The van der Waals surface area contributed by atoms with Crippen LogP contribution in [0.1, 0.15) is 31.4 Å². The van der Waals surface area contributed by atoms with E-state index >= 15 is 0 Å². The van der Waals surface area contributed by atoms with E-state index in [4.69, 9.17) is 24.7 Å². The first-order chi connectivity index (χ1) is 14.1. The molecular formula is C23H30Cl2N2O4. The molecule has 0 bridgehead atoms. The van der Waals surface area contributed by atoms with Gasteiger partial charge >= 0.3 is 0 Å². The number of nitrogens with two attached hydrogens (primary N) is 1. The number of ether oxygens (including phenoxy) is 4. The summed E-state index contributed by atoms with van der Waals surface area (Å²) in [6.45, 7) is 5.16. The Morgan fingerprint density at radius 1 is 0.871 bits per heavy atom. The first-order valence-corrected chi connectivity index (χ1v) is 9.78. The fraction of sp³-hybridized carbons (Fsp3) is 0.348. The van der Waals surface area contributed by atoms with E-state index in [0.29, 0.717) is 48.3 Å². The number of anilines is 1. The van der Waals surface area contributed by atoms with Crippen molar-refractivity contribution in [2.24, 2.45) is 0 Å². The first-order valence-electron chi connectivity index (χ1n) is 9.78. The molecule has 1 aromatic heterocycles. The minimum atomic E-state index is 0. The van der Waals surface area contributed by atoms with Gasteiger partial charge in [-0.3, -0.25) is 4.98 Å². The molecule has 6 nitrogen and oxygen atoms in total. The van der Waals surface area contributed by atoms with Gasteiger partial charge in [0, 0.05) is 17.8 Å². The van der Waals surface area contributed by atoms with Crippen LogP contribution in [0.15, 0.2) is 36.7 Å². The topological polar surface area (TPSA) is 75.8 Å². The Kier molecular flexibility index (Phi) is 10.5. The monoisotopic (exact) mass is 468 g/mol. The Bertz CT molecular complexity index is 974. The summed E-state index contributed by atoms with van der Waals surface area (Å²) in [6.07, 6.45) is 5.20. The summed E-state index contributed by atoms with van der Waals surface area (Å²) in [5.41, 5.74) is 9.00. The number of hydrogen-bond acceptors (Lipinski definition) is 6. The molecule has 8 heteroatoms. The summed E-state index contributed by atoms with van der Waals surface area (Å²) in [6, 6.07) is 7.89. The van der Waals surface area contributed by atoms with Gasteiger partial charge in [0.15, 0.2) is 11.5 Å². The van der Waals surface area contributed by atoms with Crippen LogP contribution in [-0.4, -0.2) is 32.4 Å². The summed E-state index contributed by atoms with van der Waals surface area (Å²) >= 11 is 0. The summed E-state index contributed by atoms with van der Waals surface area (Å²) in [5.74, 6) is 2.61. The van der Waals surface area contributed by atoms with E-state index in [9.17, 15) is 0 Å². The highest BCUT2D eigenvalue weighted by atomic mass is 35.5. The van der Waals surface area contributed by atoms with Crippen LogP contribution in [0.4, 0.5) is 5.69 Å². The molecule has 0 aliphatic rings. The Hall–Kier alpha value is -2.57. The van der Waals surface area contributed by atoms with Crippen molar-refractivity contribution < 1.29 is 18.9 Å². The molecule has 3 rings (SSSR count). The molecule has 0 amide bonds. The maximum atomic E-state index is 6.30. The minimum absolute atomic E-state index is 0. The highest BCUT2D eigenvalue weighted by Crippen LogP contribution is 2.40. The van der Waals surface area contributed by atoms with Crippen molar-refractivity contribution in [3.8, 4) is 23.0 Å². The molecule has 2 N–H and O–H groups in total. The fourth-order valence-electron chi connectivity index (χ4n) is 3.33. The van der Waals surface area contributed by atoms with Crippen LogP contribution < -0.4 is 24.7 Å². The maximum absolute atomic E-state index is 6.30. The molecule has 0 spiro atoms. The Balaban J connectivity index is 0.00000240. The third-order valence-electron chi connectivity index (χ3n) is 4.69. The van der Waals surface area contributed by atoms with Gasteiger partial charge in [0.25, 0.3) is 0 Å². The van der Waals surface area contributed by atoms with Gasteiger partial charge in [0.2, 0.25) is 5.75 Å². The van der Waals surface area contributed by atoms with Gasteiger partial charge < -0.3 is 24.7 Å². The van der Waals surface area contributed by atoms with Crippen molar-refractivity contribution in [3.05, 3.63) is 47.8 Å². The van der Waals surface area contributed by atoms with Gasteiger partial charge in [-0.25, -0.2) is 0 Å². The first kappa shape index (κ1) is 26.5. The van der Waals surface area contributed by atoms with Gasteiger partial charge in [-0.05, 0) is 54.5 Å². The number of halogens is 2. The number of rotatable bonds is 9. The van der Waals surface area contributed by atoms with Crippen molar-refractivity contribution in [1.82, 2.24) is 4.98 Å². The Morgan fingerprint density at radius 3 is 2.13 bits per heavy atom. The lowest BCUT2D eigenvalue weighted by molar-refractivity contribution is 0.274. The molecule has 0 saturated carbocycles. The van der Waals surface area contributed by atoms with Crippen LogP contribution in [0.2, 0.25) is 0 Å². The average Bonchev–Trinajstić information content (AvgIpc) is 2.74. The number of methoxy groups -OCH3 is 2. The van der Waals surface area contributed by atoms with Crippen LogP contribution in [0.25, 0.3) is 10.8 Å². The van der Waals surface area contributed by atoms with Gasteiger partial charge in [-0.1, -0.05) is 13.0 Å². The zero-order valence-electron chi connectivity index (χ0n) is 18.3. The quantitative estimate of drug-likeness (QED) is 0.420.